The number of aryl methyl sites for hydroxylation is 1. The number of benzene rings is 2. The van der Waals surface area contributed by atoms with E-state index in [2.05, 4.69) is 4.98 Å². The molecule has 0 fully saturated rings. The molecule has 0 atom stereocenters. The first-order valence-corrected chi connectivity index (χ1v) is 11.2. The molecule has 0 spiro atoms. The van der Waals surface area contributed by atoms with Crippen molar-refractivity contribution in [2.75, 3.05) is 0 Å². The van der Waals surface area contributed by atoms with Crippen LogP contribution in [-0.2, 0) is 6.42 Å². The average Bonchev–Trinajstić information content (AvgIpc) is 3.37. The number of nitrogens with zero attached hydrogens (tertiary/aromatic N) is 2. The molecule has 0 saturated heterocycles. The highest BCUT2D eigenvalue weighted by molar-refractivity contribution is 7.15. The zero-order chi connectivity index (χ0) is 22.2. The van der Waals surface area contributed by atoms with E-state index in [9.17, 15) is 9.59 Å². The van der Waals surface area contributed by atoms with Crippen LogP contribution in [0.4, 0.5) is 0 Å². The predicted molar refractivity (Wildman–Crippen MR) is 128 cm³/mol. The van der Waals surface area contributed by atoms with Crippen molar-refractivity contribution in [1.82, 2.24) is 9.38 Å². The Kier molecular flexibility index (Phi) is 5.25. The minimum atomic E-state index is -0.304. The minimum absolute atomic E-state index is 0.214. The van der Waals surface area contributed by atoms with Crippen LogP contribution in [0.5, 0.6) is 0 Å². The summed E-state index contributed by atoms with van der Waals surface area (Å²) in [7, 11) is 0. The summed E-state index contributed by atoms with van der Waals surface area (Å²) >= 11 is 7.12. The Bertz CT molecular complexity index is 1600. The van der Waals surface area contributed by atoms with Crippen LogP contribution >= 0.6 is 22.9 Å². The standard InChI is InChI=1S/C25H17ClN2O3S/c1-15-20(13-16-5-3-2-4-6-16)23(29)27-25-28(15)24(30)22(32-25)14-19-11-12-21(31-19)17-7-9-18(26)10-8-17/h2-12,14H,13H2,1H3. The molecular formula is C25H17ClN2O3S. The first-order valence-electron chi connectivity index (χ1n) is 9.96. The molecule has 0 radical (unpaired) electrons. The quantitative estimate of drug-likeness (QED) is 0.397. The van der Waals surface area contributed by atoms with Crippen LogP contribution in [0.15, 0.2) is 80.7 Å². The molecule has 2 aromatic carbocycles. The molecule has 5 nitrogen and oxygen atoms in total. The van der Waals surface area contributed by atoms with Gasteiger partial charge in [-0.1, -0.05) is 53.3 Å². The lowest BCUT2D eigenvalue weighted by atomic mass is 10.1. The van der Waals surface area contributed by atoms with Gasteiger partial charge >= 0.3 is 0 Å². The number of halogens is 1. The monoisotopic (exact) mass is 460 g/mol. The summed E-state index contributed by atoms with van der Waals surface area (Å²) in [5, 5.41) is 0.651. The van der Waals surface area contributed by atoms with E-state index in [0.29, 0.717) is 43.7 Å². The molecule has 0 bridgehead atoms. The summed E-state index contributed by atoms with van der Waals surface area (Å²) in [6.45, 7) is 1.79. The maximum atomic E-state index is 13.1. The van der Waals surface area contributed by atoms with E-state index in [1.807, 2.05) is 48.5 Å². The van der Waals surface area contributed by atoms with E-state index in [1.54, 1.807) is 31.2 Å². The van der Waals surface area contributed by atoms with Gasteiger partial charge in [-0.25, -0.2) is 0 Å². The van der Waals surface area contributed by atoms with Gasteiger partial charge in [-0.3, -0.25) is 14.0 Å². The molecule has 5 aromatic rings. The van der Waals surface area contributed by atoms with Crippen LogP contribution in [-0.4, -0.2) is 9.38 Å². The Morgan fingerprint density at radius 3 is 2.53 bits per heavy atom. The minimum Gasteiger partial charge on any atom is -0.457 e. The molecule has 7 heteroatoms. The summed E-state index contributed by atoms with van der Waals surface area (Å²) in [5.74, 6) is 1.22. The summed E-state index contributed by atoms with van der Waals surface area (Å²) in [6, 6.07) is 20.7. The third kappa shape index (κ3) is 3.79. The van der Waals surface area contributed by atoms with Crippen molar-refractivity contribution in [2.45, 2.75) is 13.3 Å². The fourth-order valence-electron chi connectivity index (χ4n) is 3.62. The van der Waals surface area contributed by atoms with Crippen molar-refractivity contribution in [3.05, 3.63) is 120 Å². The van der Waals surface area contributed by atoms with Crippen LogP contribution in [0.25, 0.3) is 22.4 Å². The first-order chi connectivity index (χ1) is 15.5. The normalized spacial score (nSPS) is 12.0. The van der Waals surface area contributed by atoms with Gasteiger partial charge in [0.15, 0.2) is 0 Å². The number of rotatable bonds is 4. The lowest BCUT2D eigenvalue weighted by molar-refractivity contribution is 0.571. The second-order valence-corrected chi connectivity index (χ2v) is 8.83. The van der Waals surface area contributed by atoms with Gasteiger partial charge in [0.05, 0.1) is 0 Å². The predicted octanol–water partition coefficient (Wildman–Crippen LogP) is 4.48. The molecule has 3 heterocycles. The van der Waals surface area contributed by atoms with Crippen molar-refractivity contribution >= 4 is 34.0 Å². The van der Waals surface area contributed by atoms with Gasteiger partial charge in [0.25, 0.3) is 11.1 Å². The van der Waals surface area contributed by atoms with E-state index in [4.69, 9.17) is 16.0 Å². The smallest absolute Gasteiger partial charge is 0.277 e. The van der Waals surface area contributed by atoms with Crippen molar-refractivity contribution in [1.29, 1.82) is 0 Å². The largest absolute Gasteiger partial charge is 0.457 e. The number of fused-ring (bicyclic) bond motifs is 1. The van der Waals surface area contributed by atoms with E-state index >= 15 is 0 Å². The molecule has 32 heavy (non-hydrogen) atoms. The maximum absolute atomic E-state index is 13.1. The topological polar surface area (TPSA) is 64.6 Å². The Balaban J connectivity index is 1.57. The fourth-order valence-corrected chi connectivity index (χ4v) is 4.74. The van der Waals surface area contributed by atoms with Crippen molar-refractivity contribution in [2.24, 2.45) is 0 Å². The molecule has 3 aromatic heterocycles. The molecule has 158 valence electrons. The van der Waals surface area contributed by atoms with Crippen molar-refractivity contribution in [3.8, 4) is 11.3 Å². The summed E-state index contributed by atoms with van der Waals surface area (Å²) < 4.78 is 7.86. The lowest BCUT2D eigenvalue weighted by Crippen LogP contribution is -2.27. The zero-order valence-electron chi connectivity index (χ0n) is 17.0. The molecule has 0 unspecified atom stereocenters. The van der Waals surface area contributed by atoms with E-state index in [0.717, 1.165) is 11.1 Å². The first kappa shape index (κ1) is 20.4. The van der Waals surface area contributed by atoms with Gasteiger partial charge in [0, 0.05) is 34.3 Å². The number of aromatic nitrogens is 2. The third-order valence-electron chi connectivity index (χ3n) is 5.29. The molecular weight excluding hydrogens is 444 g/mol. The molecule has 0 saturated carbocycles. The van der Waals surface area contributed by atoms with Gasteiger partial charge in [-0.15, -0.1) is 0 Å². The highest BCUT2D eigenvalue weighted by Gasteiger charge is 2.15. The maximum Gasteiger partial charge on any atom is 0.277 e. The average molecular weight is 461 g/mol. The van der Waals surface area contributed by atoms with Crippen LogP contribution in [0, 0.1) is 6.92 Å². The third-order valence-corrected chi connectivity index (χ3v) is 6.51. The Morgan fingerprint density at radius 2 is 1.78 bits per heavy atom. The number of hydrogen-bond donors (Lipinski definition) is 0. The van der Waals surface area contributed by atoms with Gasteiger partial charge in [-0.05, 0) is 48.9 Å². The molecule has 0 amide bonds. The van der Waals surface area contributed by atoms with Gasteiger partial charge < -0.3 is 4.42 Å². The van der Waals surface area contributed by atoms with Gasteiger partial charge in [0.2, 0.25) is 4.96 Å². The highest BCUT2D eigenvalue weighted by Crippen LogP contribution is 2.24. The highest BCUT2D eigenvalue weighted by atomic mass is 35.5. The summed E-state index contributed by atoms with van der Waals surface area (Å²) in [4.78, 5) is 30.4. The SMILES string of the molecule is Cc1c(Cc2ccccc2)c(=O)nc2sc(=Cc3ccc(-c4ccc(Cl)cc4)o3)c(=O)n12. The summed E-state index contributed by atoms with van der Waals surface area (Å²) in [5.41, 5.74) is 2.51. The Labute approximate surface area is 191 Å². The fraction of sp³-hybridized carbons (Fsp3) is 0.0800. The summed E-state index contributed by atoms with van der Waals surface area (Å²) in [6.07, 6.45) is 2.11. The molecule has 0 aliphatic rings. The molecule has 0 N–H and O–H groups in total. The Morgan fingerprint density at radius 1 is 1.03 bits per heavy atom. The Hall–Kier alpha value is -3.48. The van der Waals surface area contributed by atoms with Gasteiger partial charge in [0.1, 0.15) is 16.1 Å². The number of thiazole rings is 1. The second-order valence-electron chi connectivity index (χ2n) is 7.39. The van der Waals surface area contributed by atoms with E-state index in [1.165, 1.54) is 15.7 Å². The molecule has 5 rings (SSSR count). The van der Waals surface area contributed by atoms with Crippen LogP contribution in [0.1, 0.15) is 22.6 Å². The van der Waals surface area contributed by atoms with Gasteiger partial charge in [-0.2, -0.15) is 4.98 Å². The molecule has 0 aliphatic carbocycles. The zero-order valence-corrected chi connectivity index (χ0v) is 18.6. The van der Waals surface area contributed by atoms with Crippen LogP contribution in [0.3, 0.4) is 0 Å². The lowest BCUT2D eigenvalue weighted by Gasteiger charge is -2.06. The van der Waals surface area contributed by atoms with E-state index < -0.39 is 0 Å². The second kappa shape index (κ2) is 8.22. The van der Waals surface area contributed by atoms with Crippen LogP contribution < -0.4 is 15.7 Å². The van der Waals surface area contributed by atoms with Crippen LogP contribution in [0.2, 0.25) is 5.02 Å². The number of furan rings is 1. The molecule has 0 aliphatic heterocycles. The van der Waals surface area contributed by atoms with E-state index in [-0.39, 0.29) is 11.1 Å². The number of hydrogen-bond acceptors (Lipinski definition) is 5. The van der Waals surface area contributed by atoms with Crippen molar-refractivity contribution in [3.63, 3.8) is 0 Å². The van der Waals surface area contributed by atoms with Crippen molar-refractivity contribution < 1.29 is 4.42 Å².